The number of carbonyl (C=O) groups is 1. The average Bonchev–Trinajstić information content (AvgIpc) is 2.79. The predicted octanol–water partition coefficient (Wildman–Crippen LogP) is 2.81. The quantitative estimate of drug-likeness (QED) is 0.662. The fourth-order valence-electron chi connectivity index (χ4n) is 3.22. The van der Waals surface area contributed by atoms with E-state index in [2.05, 4.69) is 17.0 Å². The molecule has 1 N–H and O–H groups in total. The molecule has 1 amide bonds. The van der Waals surface area contributed by atoms with Crippen molar-refractivity contribution in [1.29, 1.82) is 0 Å². The summed E-state index contributed by atoms with van der Waals surface area (Å²) in [7, 11) is 0. The summed E-state index contributed by atoms with van der Waals surface area (Å²) < 4.78 is 6.56. The van der Waals surface area contributed by atoms with Gasteiger partial charge in [-0.2, -0.15) is 0 Å². The molecule has 1 aliphatic rings. The second-order valence-corrected chi connectivity index (χ2v) is 7.89. The Morgan fingerprint density at radius 3 is 2.73 bits per heavy atom. The van der Waals surface area contributed by atoms with E-state index >= 15 is 0 Å². The Labute approximate surface area is 154 Å². The van der Waals surface area contributed by atoms with Crippen molar-refractivity contribution < 1.29 is 19.5 Å². The van der Waals surface area contributed by atoms with Gasteiger partial charge in [-0.05, 0) is 50.3 Å². The van der Waals surface area contributed by atoms with Gasteiger partial charge in [-0.1, -0.05) is 6.07 Å². The van der Waals surface area contributed by atoms with Crippen LogP contribution in [0.15, 0.2) is 36.7 Å². The van der Waals surface area contributed by atoms with Crippen LogP contribution >= 0.6 is 0 Å². The summed E-state index contributed by atoms with van der Waals surface area (Å²) >= 11 is 0. The zero-order chi connectivity index (χ0) is 18.7. The fourth-order valence-corrected chi connectivity index (χ4v) is 3.22. The van der Waals surface area contributed by atoms with Crippen LogP contribution in [-0.2, 0) is 11.3 Å². The Balaban J connectivity index is 1.61. The molecule has 0 saturated carbocycles. The lowest BCUT2D eigenvalue weighted by Gasteiger charge is -2.26. The standard InChI is InChI=1S/C20H28N3O3/c1-20(2,3)26-19(24)22-9-4-8-21(11-12-22)14-16-5-6-18-15-23(25)10-7-17(18)13-16/h5-7,10,13,15,25H,4,8-9,11-12,14H2,1-3H3/q+1. The number of amides is 1. The SMILES string of the molecule is CC(C)(C)OC(=O)N1CCCN(Cc2ccc3c[n+](O)ccc3c2)CC1. The van der Waals surface area contributed by atoms with Crippen LogP contribution in [0.4, 0.5) is 4.79 Å². The maximum atomic E-state index is 12.3. The highest BCUT2D eigenvalue weighted by Gasteiger charge is 2.24. The van der Waals surface area contributed by atoms with Crippen molar-refractivity contribution in [1.82, 2.24) is 9.80 Å². The van der Waals surface area contributed by atoms with Crippen LogP contribution < -0.4 is 4.73 Å². The minimum Gasteiger partial charge on any atom is -0.444 e. The number of ether oxygens (including phenoxy) is 1. The highest BCUT2D eigenvalue weighted by atomic mass is 16.6. The van der Waals surface area contributed by atoms with Gasteiger partial charge in [-0.15, -0.1) is 0 Å². The van der Waals surface area contributed by atoms with Crippen molar-refractivity contribution in [3.05, 3.63) is 42.2 Å². The number of aromatic nitrogens is 1. The third-order valence-corrected chi connectivity index (χ3v) is 4.48. The van der Waals surface area contributed by atoms with Gasteiger partial charge in [0.2, 0.25) is 12.4 Å². The first-order valence-corrected chi connectivity index (χ1v) is 9.14. The van der Waals surface area contributed by atoms with Gasteiger partial charge in [-0.25, -0.2) is 4.79 Å². The molecule has 0 atom stereocenters. The molecule has 3 rings (SSSR count). The Bertz CT molecular complexity index is 785. The van der Waals surface area contributed by atoms with Gasteiger partial charge in [0.25, 0.3) is 0 Å². The lowest BCUT2D eigenvalue weighted by molar-refractivity contribution is -0.903. The number of rotatable bonds is 2. The van der Waals surface area contributed by atoms with Crippen LogP contribution in [0.1, 0.15) is 32.8 Å². The minimum atomic E-state index is -0.457. The molecular weight excluding hydrogens is 330 g/mol. The lowest BCUT2D eigenvalue weighted by atomic mass is 10.1. The normalized spacial score (nSPS) is 16.5. The number of benzene rings is 1. The van der Waals surface area contributed by atoms with Crippen molar-refractivity contribution >= 4 is 16.9 Å². The largest absolute Gasteiger partial charge is 0.444 e. The second kappa shape index (κ2) is 7.50. The van der Waals surface area contributed by atoms with Crippen LogP contribution in [0.25, 0.3) is 10.8 Å². The van der Waals surface area contributed by atoms with Crippen LogP contribution in [0, 0.1) is 0 Å². The highest BCUT2D eigenvalue weighted by Crippen LogP contribution is 2.17. The number of pyridine rings is 1. The number of carbonyl (C=O) groups excluding carboxylic acids is 1. The zero-order valence-corrected chi connectivity index (χ0v) is 15.8. The van der Waals surface area contributed by atoms with Crippen molar-refractivity contribution in [2.75, 3.05) is 26.2 Å². The minimum absolute atomic E-state index is 0.220. The molecule has 0 aliphatic carbocycles. The molecule has 0 spiro atoms. The van der Waals surface area contributed by atoms with E-state index in [0.29, 0.717) is 6.54 Å². The fraction of sp³-hybridized carbons (Fsp3) is 0.500. The lowest BCUT2D eigenvalue weighted by Crippen LogP contribution is -2.39. The summed E-state index contributed by atoms with van der Waals surface area (Å²) in [5.41, 5.74) is 0.778. The number of hydrogen-bond donors (Lipinski definition) is 1. The van der Waals surface area contributed by atoms with Crippen molar-refractivity contribution in [2.45, 2.75) is 39.3 Å². The number of hydrogen-bond acceptors (Lipinski definition) is 4. The highest BCUT2D eigenvalue weighted by molar-refractivity contribution is 5.81. The van der Waals surface area contributed by atoms with Gasteiger partial charge in [0, 0.05) is 43.5 Å². The molecule has 140 valence electrons. The van der Waals surface area contributed by atoms with E-state index in [0.717, 1.165) is 48.1 Å². The van der Waals surface area contributed by atoms with E-state index in [1.54, 1.807) is 12.4 Å². The monoisotopic (exact) mass is 358 g/mol. The van der Waals surface area contributed by atoms with Gasteiger partial charge >= 0.3 is 6.09 Å². The summed E-state index contributed by atoms with van der Waals surface area (Å²) in [5.74, 6) is 0. The van der Waals surface area contributed by atoms with E-state index in [9.17, 15) is 10.0 Å². The summed E-state index contributed by atoms with van der Waals surface area (Å²) in [5, 5.41) is 11.6. The van der Waals surface area contributed by atoms with Crippen molar-refractivity contribution in [3.8, 4) is 0 Å². The first-order valence-electron chi connectivity index (χ1n) is 9.14. The molecule has 0 unspecified atom stereocenters. The van der Waals surface area contributed by atoms with Crippen LogP contribution in [0.5, 0.6) is 0 Å². The molecule has 2 heterocycles. The summed E-state index contributed by atoms with van der Waals surface area (Å²) in [4.78, 5) is 16.5. The molecule has 26 heavy (non-hydrogen) atoms. The molecular formula is C20H28N3O3+. The summed E-state index contributed by atoms with van der Waals surface area (Å²) in [6.07, 6.45) is 4.06. The predicted molar refractivity (Wildman–Crippen MR) is 99.0 cm³/mol. The molecule has 1 saturated heterocycles. The van der Waals surface area contributed by atoms with E-state index in [1.807, 2.05) is 37.8 Å². The molecule has 1 aliphatic heterocycles. The van der Waals surface area contributed by atoms with E-state index in [-0.39, 0.29) is 6.09 Å². The van der Waals surface area contributed by atoms with Crippen LogP contribution in [-0.4, -0.2) is 52.9 Å². The van der Waals surface area contributed by atoms with Crippen molar-refractivity contribution in [3.63, 3.8) is 0 Å². The molecule has 1 fully saturated rings. The zero-order valence-electron chi connectivity index (χ0n) is 15.8. The van der Waals surface area contributed by atoms with Gasteiger partial charge < -0.3 is 9.64 Å². The summed E-state index contributed by atoms with van der Waals surface area (Å²) in [6.45, 7) is 9.76. The molecule has 2 aromatic rings. The molecule has 1 aromatic heterocycles. The Kier molecular flexibility index (Phi) is 5.32. The molecule has 6 heteroatoms. The van der Waals surface area contributed by atoms with Crippen molar-refractivity contribution in [2.24, 2.45) is 0 Å². The average molecular weight is 358 g/mol. The van der Waals surface area contributed by atoms with Gasteiger partial charge in [-0.3, -0.25) is 10.1 Å². The molecule has 0 radical (unpaired) electrons. The topological polar surface area (TPSA) is 56.9 Å². The first-order chi connectivity index (χ1) is 12.3. The van der Waals surface area contributed by atoms with Gasteiger partial charge in [0.1, 0.15) is 5.60 Å². The van der Waals surface area contributed by atoms with Crippen LogP contribution in [0.2, 0.25) is 0 Å². The van der Waals surface area contributed by atoms with Gasteiger partial charge in [0.15, 0.2) is 0 Å². The number of fused-ring (bicyclic) bond motifs is 1. The Morgan fingerprint density at radius 1 is 1.15 bits per heavy atom. The molecule has 0 bridgehead atoms. The maximum absolute atomic E-state index is 12.3. The third-order valence-electron chi connectivity index (χ3n) is 4.48. The summed E-state index contributed by atoms with van der Waals surface area (Å²) in [6, 6.07) is 8.19. The third kappa shape index (κ3) is 4.85. The Hall–Kier alpha value is -2.34. The maximum Gasteiger partial charge on any atom is 0.410 e. The molecule has 6 nitrogen and oxygen atoms in total. The smallest absolute Gasteiger partial charge is 0.410 e. The number of nitrogens with zero attached hydrogens (tertiary/aromatic N) is 3. The first kappa shape index (κ1) is 18.5. The van der Waals surface area contributed by atoms with E-state index in [1.165, 1.54) is 5.56 Å². The van der Waals surface area contributed by atoms with Crippen LogP contribution in [0.3, 0.4) is 0 Å². The van der Waals surface area contributed by atoms with E-state index in [4.69, 9.17) is 4.74 Å². The second-order valence-electron chi connectivity index (χ2n) is 7.89. The Morgan fingerprint density at radius 2 is 1.96 bits per heavy atom. The van der Waals surface area contributed by atoms with Gasteiger partial charge in [0.05, 0.1) is 5.39 Å². The molecule has 1 aromatic carbocycles. The van der Waals surface area contributed by atoms with E-state index < -0.39 is 5.60 Å².